The molecule has 0 aromatic heterocycles. The van der Waals surface area contributed by atoms with Crippen molar-refractivity contribution in [3.8, 4) is 0 Å². The number of carbonyl (C=O) groups is 2. The van der Waals surface area contributed by atoms with Gasteiger partial charge in [0.15, 0.2) is 0 Å². The van der Waals surface area contributed by atoms with Crippen molar-refractivity contribution in [2.75, 3.05) is 19.4 Å². The van der Waals surface area contributed by atoms with E-state index in [4.69, 9.17) is 19.3 Å². The van der Waals surface area contributed by atoms with Gasteiger partial charge in [-0.2, -0.15) is 0 Å². The Kier molecular flexibility index (Phi) is 8.30. The number of ether oxygens (including phenoxy) is 2. The zero-order valence-electron chi connectivity index (χ0n) is 10.8. The summed E-state index contributed by atoms with van der Waals surface area (Å²) in [6.07, 6.45) is 0.215. The van der Waals surface area contributed by atoms with Gasteiger partial charge in [-0.1, -0.05) is 6.58 Å². The molecule has 0 heterocycles. The lowest BCUT2D eigenvalue weighted by Crippen LogP contribution is -2.10. The van der Waals surface area contributed by atoms with Crippen molar-refractivity contribution in [1.29, 1.82) is 0 Å². The van der Waals surface area contributed by atoms with Crippen LogP contribution in [0.15, 0.2) is 12.2 Å². The van der Waals surface area contributed by atoms with Crippen LogP contribution in [0.2, 0.25) is 0 Å². The van der Waals surface area contributed by atoms with Gasteiger partial charge in [-0.05, 0) is 19.8 Å². The lowest BCUT2D eigenvalue weighted by Gasteiger charge is -2.06. The van der Waals surface area contributed by atoms with Crippen LogP contribution < -0.4 is 0 Å². The molecule has 0 amide bonds. The molecule has 0 aromatic rings. The molecular formula is C11H19O7P. The molecule has 0 saturated carbocycles. The predicted octanol–water partition coefficient (Wildman–Crippen LogP) is 0.997. The fourth-order valence-electron chi connectivity index (χ4n) is 0.987. The molecule has 19 heavy (non-hydrogen) atoms. The number of hydrogen-bond acceptors (Lipinski definition) is 5. The third kappa shape index (κ3) is 11.6. The molecule has 0 spiro atoms. The van der Waals surface area contributed by atoms with Crippen LogP contribution in [0.4, 0.5) is 0 Å². The lowest BCUT2D eigenvalue weighted by atomic mass is 10.3. The topological polar surface area (TPSA) is 110 Å². The van der Waals surface area contributed by atoms with E-state index in [2.05, 4.69) is 6.58 Å². The first-order valence-corrected chi connectivity index (χ1v) is 7.55. The van der Waals surface area contributed by atoms with Crippen molar-refractivity contribution in [1.82, 2.24) is 0 Å². The maximum Gasteiger partial charge on any atom is 0.333 e. The molecule has 0 fully saturated rings. The largest absolute Gasteiger partial charge is 0.466 e. The second-order valence-electron chi connectivity index (χ2n) is 3.98. The van der Waals surface area contributed by atoms with Gasteiger partial charge in [0.1, 0.15) is 0 Å². The Morgan fingerprint density at radius 1 is 1.16 bits per heavy atom. The van der Waals surface area contributed by atoms with E-state index in [-0.39, 0.29) is 19.6 Å². The van der Waals surface area contributed by atoms with E-state index in [0.29, 0.717) is 18.4 Å². The monoisotopic (exact) mass is 294 g/mol. The Labute approximate surface area is 111 Å². The van der Waals surface area contributed by atoms with Crippen LogP contribution in [-0.2, 0) is 23.6 Å². The van der Waals surface area contributed by atoms with Crippen LogP contribution in [0.25, 0.3) is 0 Å². The van der Waals surface area contributed by atoms with Crippen LogP contribution >= 0.6 is 7.60 Å². The third-order valence-electron chi connectivity index (χ3n) is 1.99. The highest BCUT2D eigenvalue weighted by Crippen LogP contribution is 2.34. The average Bonchev–Trinajstić information content (AvgIpc) is 2.29. The Balaban J connectivity index is 3.49. The van der Waals surface area contributed by atoms with Gasteiger partial charge >= 0.3 is 19.5 Å². The molecule has 0 rings (SSSR count). The highest BCUT2D eigenvalue weighted by molar-refractivity contribution is 7.51. The lowest BCUT2D eigenvalue weighted by molar-refractivity contribution is -0.144. The summed E-state index contributed by atoms with van der Waals surface area (Å²) in [7, 11) is -4.16. The highest BCUT2D eigenvalue weighted by Gasteiger charge is 2.15. The molecule has 8 heteroatoms. The van der Waals surface area contributed by atoms with E-state index in [1.54, 1.807) is 6.92 Å². The van der Waals surface area contributed by atoms with Gasteiger partial charge in [0.05, 0.1) is 25.8 Å². The zero-order valence-corrected chi connectivity index (χ0v) is 11.7. The molecule has 0 saturated heterocycles. The molecule has 0 unspecified atom stereocenters. The number of unbranched alkanes of at least 4 members (excludes halogenated alkanes) is 1. The second kappa shape index (κ2) is 8.85. The van der Waals surface area contributed by atoms with Gasteiger partial charge in [-0.3, -0.25) is 9.36 Å². The van der Waals surface area contributed by atoms with Crippen LogP contribution in [0, 0.1) is 0 Å². The van der Waals surface area contributed by atoms with Gasteiger partial charge in [0.2, 0.25) is 0 Å². The molecule has 0 aliphatic carbocycles. The van der Waals surface area contributed by atoms with Gasteiger partial charge < -0.3 is 19.3 Å². The standard InChI is InChI=1S/C11H19O7P/c1-9(2)11(13)18-7-4-3-6-17-10(12)5-8-19(14,15)16/h1,3-8H2,2H3,(H2,14,15,16). The minimum atomic E-state index is -4.16. The molecule has 0 radical (unpaired) electrons. The summed E-state index contributed by atoms with van der Waals surface area (Å²) in [5.74, 6) is -1.11. The number of hydrogen-bond donors (Lipinski definition) is 2. The van der Waals surface area contributed by atoms with Crippen LogP contribution in [0.3, 0.4) is 0 Å². The summed E-state index contributed by atoms with van der Waals surface area (Å²) in [5, 5.41) is 0. The first kappa shape index (κ1) is 17.8. The first-order valence-electron chi connectivity index (χ1n) is 5.75. The summed E-state index contributed by atoms with van der Waals surface area (Å²) in [4.78, 5) is 39.1. The van der Waals surface area contributed by atoms with Crippen LogP contribution in [0.1, 0.15) is 26.2 Å². The van der Waals surface area contributed by atoms with Crippen molar-refractivity contribution in [2.45, 2.75) is 26.2 Å². The van der Waals surface area contributed by atoms with Gasteiger partial charge in [0, 0.05) is 5.57 Å². The minimum Gasteiger partial charge on any atom is -0.466 e. The van der Waals surface area contributed by atoms with E-state index < -0.39 is 25.7 Å². The molecule has 7 nitrogen and oxygen atoms in total. The van der Waals surface area contributed by atoms with E-state index in [1.807, 2.05) is 0 Å². The Hall–Kier alpha value is -1.17. The smallest absolute Gasteiger partial charge is 0.333 e. The number of rotatable bonds is 9. The fraction of sp³-hybridized carbons (Fsp3) is 0.636. The minimum absolute atomic E-state index is 0.130. The molecule has 0 aliphatic heterocycles. The third-order valence-corrected chi connectivity index (χ3v) is 2.80. The zero-order chi connectivity index (χ0) is 14.9. The van der Waals surface area contributed by atoms with E-state index in [1.165, 1.54) is 0 Å². The first-order chi connectivity index (χ1) is 8.72. The molecule has 0 aliphatic rings. The maximum atomic E-state index is 11.1. The number of carbonyl (C=O) groups excluding carboxylic acids is 2. The second-order valence-corrected chi connectivity index (χ2v) is 5.76. The van der Waals surface area contributed by atoms with Gasteiger partial charge in [-0.25, -0.2) is 4.79 Å². The summed E-state index contributed by atoms with van der Waals surface area (Å²) in [5.41, 5.74) is 0.323. The van der Waals surface area contributed by atoms with Crippen LogP contribution in [-0.4, -0.2) is 41.1 Å². The SMILES string of the molecule is C=C(C)C(=O)OCCCCOC(=O)CCP(=O)(O)O. The molecular weight excluding hydrogens is 275 g/mol. The quantitative estimate of drug-likeness (QED) is 0.282. The summed E-state index contributed by atoms with van der Waals surface area (Å²) in [6.45, 7) is 5.32. The molecule has 0 atom stereocenters. The summed E-state index contributed by atoms with van der Waals surface area (Å²) < 4.78 is 20.1. The maximum absolute atomic E-state index is 11.1. The van der Waals surface area contributed by atoms with Crippen molar-refractivity contribution < 1.29 is 33.4 Å². The number of esters is 2. The van der Waals surface area contributed by atoms with Crippen molar-refractivity contribution in [3.63, 3.8) is 0 Å². The van der Waals surface area contributed by atoms with Crippen molar-refractivity contribution in [3.05, 3.63) is 12.2 Å². The van der Waals surface area contributed by atoms with E-state index in [0.717, 1.165) is 0 Å². The Morgan fingerprint density at radius 2 is 1.68 bits per heavy atom. The molecule has 110 valence electrons. The van der Waals surface area contributed by atoms with Gasteiger partial charge in [-0.15, -0.1) is 0 Å². The summed E-state index contributed by atoms with van der Waals surface area (Å²) in [6, 6.07) is 0. The average molecular weight is 294 g/mol. The van der Waals surface area contributed by atoms with E-state index in [9.17, 15) is 14.2 Å². The highest BCUT2D eigenvalue weighted by atomic mass is 31.2. The van der Waals surface area contributed by atoms with E-state index >= 15 is 0 Å². The van der Waals surface area contributed by atoms with Gasteiger partial charge in [0.25, 0.3) is 0 Å². The van der Waals surface area contributed by atoms with Crippen molar-refractivity contribution in [2.24, 2.45) is 0 Å². The molecule has 2 N–H and O–H groups in total. The fourth-order valence-corrected chi connectivity index (χ4v) is 1.46. The summed E-state index contributed by atoms with van der Waals surface area (Å²) >= 11 is 0. The van der Waals surface area contributed by atoms with Crippen molar-refractivity contribution >= 4 is 19.5 Å². The molecule has 0 aromatic carbocycles. The Bertz CT molecular complexity index is 371. The predicted molar refractivity (Wildman–Crippen MR) is 67.5 cm³/mol. The normalized spacial score (nSPS) is 10.9. The van der Waals surface area contributed by atoms with Crippen LogP contribution in [0.5, 0.6) is 0 Å². The molecule has 0 bridgehead atoms. The Morgan fingerprint density at radius 3 is 2.16 bits per heavy atom.